The molecule has 0 bridgehead atoms. The fourth-order valence-electron chi connectivity index (χ4n) is 1.51. The summed E-state index contributed by atoms with van der Waals surface area (Å²) < 4.78 is 0. The van der Waals surface area contributed by atoms with Crippen LogP contribution in [0, 0.1) is 0 Å². The van der Waals surface area contributed by atoms with Crippen molar-refractivity contribution in [3.8, 4) is 0 Å². The zero-order chi connectivity index (χ0) is 9.94. The van der Waals surface area contributed by atoms with Crippen molar-refractivity contribution in [2.75, 3.05) is 30.8 Å². The van der Waals surface area contributed by atoms with E-state index in [1.54, 1.807) is 6.16 Å². The van der Waals surface area contributed by atoms with Crippen molar-refractivity contribution < 1.29 is 0 Å². The van der Waals surface area contributed by atoms with Gasteiger partial charge in [-0.1, -0.05) is 40.0 Å². The van der Waals surface area contributed by atoms with Gasteiger partial charge in [-0.25, -0.2) is 0 Å². The van der Waals surface area contributed by atoms with Crippen LogP contribution in [-0.2, 0) is 0 Å². The molecule has 0 aromatic carbocycles. The van der Waals surface area contributed by atoms with Gasteiger partial charge in [0.1, 0.15) is 0 Å². The zero-order valence-corrected chi connectivity index (χ0v) is 11.5. The van der Waals surface area contributed by atoms with Crippen LogP contribution in [0.1, 0.15) is 40.0 Å². The van der Waals surface area contributed by atoms with E-state index in [0.29, 0.717) is 7.92 Å². The Morgan fingerprint density at radius 2 is 1.38 bits per heavy atom. The average Bonchev–Trinajstić information content (AvgIpc) is 2.13. The molecule has 1 atom stereocenters. The second-order valence-corrected chi connectivity index (χ2v) is 7.77. The third-order valence-corrected chi connectivity index (χ3v) is 7.00. The molecular formula is C11H26P2. The molecule has 0 aliphatic heterocycles. The topological polar surface area (TPSA) is 0 Å². The highest BCUT2D eigenvalue weighted by atomic mass is 31.1. The fraction of sp³-hybridized carbons (Fsp3) is 1.00. The summed E-state index contributed by atoms with van der Waals surface area (Å²) in [6.07, 6.45) is 11.8. The van der Waals surface area contributed by atoms with Crippen LogP contribution >= 0.6 is 16.5 Å². The first-order valence-electron chi connectivity index (χ1n) is 5.78. The lowest BCUT2D eigenvalue weighted by molar-refractivity contribution is 1.05. The van der Waals surface area contributed by atoms with Gasteiger partial charge < -0.3 is 0 Å². The van der Waals surface area contributed by atoms with Crippen molar-refractivity contribution in [3.63, 3.8) is 0 Å². The third kappa shape index (κ3) is 9.17. The van der Waals surface area contributed by atoms with Crippen molar-refractivity contribution in [3.05, 3.63) is 0 Å². The van der Waals surface area contributed by atoms with Crippen LogP contribution in [0.5, 0.6) is 0 Å². The van der Waals surface area contributed by atoms with E-state index in [-0.39, 0.29) is 0 Å². The SMILES string of the molecule is CCCPCCP(CCC)CCC. The first-order chi connectivity index (χ1) is 6.35. The van der Waals surface area contributed by atoms with Gasteiger partial charge in [0.05, 0.1) is 0 Å². The lowest BCUT2D eigenvalue weighted by Gasteiger charge is -2.15. The molecule has 0 aromatic heterocycles. The van der Waals surface area contributed by atoms with Gasteiger partial charge in [-0.2, -0.15) is 0 Å². The summed E-state index contributed by atoms with van der Waals surface area (Å²) in [5.41, 5.74) is 0. The minimum Gasteiger partial charge on any atom is -0.122 e. The van der Waals surface area contributed by atoms with Gasteiger partial charge in [0, 0.05) is 0 Å². The molecule has 13 heavy (non-hydrogen) atoms. The highest BCUT2D eigenvalue weighted by Crippen LogP contribution is 2.38. The van der Waals surface area contributed by atoms with Crippen LogP contribution in [0.25, 0.3) is 0 Å². The molecule has 0 N–H and O–H groups in total. The highest BCUT2D eigenvalue weighted by molar-refractivity contribution is 7.58. The quantitative estimate of drug-likeness (QED) is 0.399. The molecule has 1 unspecified atom stereocenters. The minimum atomic E-state index is 0.429. The molecule has 0 nitrogen and oxygen atoms in total. The van der Waals surface area contributed by atoms with E-state index in [2.05, 4.69) is 20.8 Å². The van der Waals surface area contributed by atoms with E-state index in [0.717, 1.165) is 0 Å². The van der Waals surface area contributed by atoms with Gasteiger partial charge in [-0.05, 0) is 30.8 Å². The molecular weight excluding hydrogens is 194 g/mol. The van der Waals surface area contributed by atoms with Gasteiger partial charge >= 0.3 is 0 Å². The molecule has 0 saturated carbocycles. The summed E-state index contributed by atoms with van der Waals surface area (Å²) >= 11 is 0. The largest absolute Gasteiger partial charge is 0.122 e. The summed E-state index contributed by atoms with van der Waals surface area (Å²) in [6, 6.07) is 0. The van der Waals surface area contributed by atoms with E-state index in [4.69, 9.17) is 0 Å². The highest BCUT2D eigenvalue weighted by Gasteiger charge is 2.04. The van der Waals surface area contributed by atoms with Gasteiger partial charge in [0.25, 0.3) is 0 Å². The minimum absolute atomic E-state index is 0.429. The second-order valence-electron chi connectivity index (χ2n) is 3.59. The van der Waals surface area contributed by atoms with Gasteiger partial charge in [0.2, 0.25) is 0 Å². The predicted molar refractivity (Wildman–Crippen MR) is 70.4 cm³/mol. The van der Waals surface area contributed by atoms with Crippen LogP contribution in [0.15, 0.2) is 0 Å². The zero-order valence-electron chi connectivity index (χ0n) is 9.60. The lowest BCUT2D eigenvalue weighted by Crippen LogP contribution is -1.96. The van der Waals surface area contributed by atoms with E-state index in [9.17, 15) is 0 Å². The Kier molecular flexibility index (Phi) is 11.7. The smallest absolute Gasteiger partial charge is 0.0289 e. The summed E-state index contributed by atoms with van der Waals surface area (Å²) in [6.45, 7) is 6.96. The molecule has 0 radical (unpaired) electrons. The first-order valence-corrected chi connectivity index (χ1v) is 9.09. The van der Waals surface area contributed by atoms with Gasteiger partial charge in [0.15, 0.2) is 0 Å². The molecule has 0 heterocycles. The Morgan fingerprint density at radius 3 is 1.85 bits per heavy atom. The van der Waals surface area contributed by atoms with E-state index < -0.39 is 0 Å². The monoisotopic (exact) mass is 220 g/mol. The van der Waals surface area contributed by atoms with E-state index in [1.165, 1.54) is 52.5 Å². The Balaban J connectivity index is 3.33. The van der Waals surface area contributed by atoms with Gasteiger partial charge in [-0.3, -0.25) is 0 Å². The number of rotatable bonds is 9. The maximum Gasteiger partial charge on any atom is -0.0289 e. The number of hydrogen-bond donors (Lipinski definition) is 0. The molecule has 0 rings (SSSR count). The maximum atomic E-state index is 2.33. The average molecular weight is 220 g/mol. The molecule has 0 saturated heterocycles. The van der Waals surface area contributed by atoms with Crippen molar-refractivity contribution in [2.24, 2.45) is 0 Å². The second kappa shape index (κ2) is 10.9. The first kappa shape index (κ1) is 13.9. The Hall–Kier alpha value is 0.860. The molecule has 80 valence electrons. The van der Waals surface area contributed by atoms with Crippen molar-refractivity contribution in [2.45, 2.75) is 40.0 Å². The third-order valence-electron chi connectivity index (χ3n) is 2.11. The molecule has 0 amide bonds. The molecule has 0 aliphatic rings. The van der Waals surface area contributed by atoms with Crippen molar-refractivity contribution in [1.29, 1.82) is 0 Å². The molecule has 2 heteroatoms. The van der Waals surface area contributed by atoms with Crippen molar-refractivity contribution in [1.82, 2.24) is 0 Å². The summed E-state index contributed by atoms with van der Waals surface area (Å²) in [5, 5.41) is 0. The fourth-order valence-corrected chi connectivity index (χ4v) is 5.94. The molecule has 0 fully saturated rings. The Morgan fingerprint density at radius 1 is 0.769 bits per heavy atom. The molecule has 0 aromatic rings. The van der Waals surface area contributed by atoms with Crippen LogP contribution in [0.2, 0.25) is 0 Å². The lowest BCUT2D eigenvalue weighted by atomic mass is 10.6. The summed E-state index contributed by atoms with van der Waals surface area (Å²) in [4.78, 5) is 0. The molecule has 0 aliphatic carbocycles. The number of hydrogen-bond acceptors (Lipinski definition) is 0. The normalized spacial score (nSPS) is 12.0. The van der Waals surface area contributed by atoms with Crippen molar-refractivity contribution >= 4 is 16.5 Å². The summed E-state index contributed by atoms with van der Waals surface area (Å²) in [5.74, 6) is 0. The molecule has 0 spiro atoms. The van der Waals surface area contributed by atoms with Gasteiger partial charge in [-0.15, -0.1) is 16.5 Å². The van der Waals surface area contributed by atoms with Crippen LogP contribution in [0.3, 0.4) is 0 Å². The maximum absolute atomic E-state index is 2.33. The van der Waals surface area contributed by atoms with Crippen LogP contribution < -0.4 is 0 Å². The predicted octanol–water partition coefficient (Wildman–Crippen LogP) is 4.38. The van der Waals surface area contributed by atoms with Crippen LogP contribution in [-0.4, -0.2) is 30.8 Å². The summed E-state index contributed by atoms with van der Waals surface area (Å²) in [7, 11) is 1.68. The van der Waals surface area contributed by atoms with E-state index >= 15 is 0 Å². The van der Waals surface area contributed by atoms with Crippen LogP contribution in [0.4, 0.5) is 0 Å². The van der Waals surface area contributed by atoms with E-state index in [1.807, 2.05) is 0 Å². The Labute approximate surface area is 87.8 Å². The Bertz CT molecular complexity index is 88.1. The standard InChI is InChI=1S/C11H26P2/c1-4-7-12-8-11-13(9-5-2)10-6-3/h12H,4-11H2,1-3H3.